The molecule has 4 heteroatoms. The lowest BCUT2D eigenvalue weighted by molar-refractivity contribution is 0.199. The van der Waals surface area contributed by atoms with Gasteiger partial charge in [-0.15, -0.1) is 0 Å². The Labute approximate surface area is 123 Å². The summed E-state index contributed by atoms with van der Waals surface area (Å²) in [5.41, 5.74) is 1.33. The Balaban J connectivity index is 1.97. The lowest BCUT2D eigenvalue weighted by Crippen LogP contribution is -2.52. The van der Waals surface area contributed by atoms with E-state index in [1.807, 2.05) is 6.20 Å². The van der Waals surface area contributed by atoms with Gasteiger partial charge in [-0.1, -0.05) is 13.8 Å². The zero-order valence-corrected chi connectivity index (χ0v) is 13.1. The molecule has 0 saturated carbocycles. The van der Waals surface area contributed by atoms with Crippen molar-refractivity contribution in [3.05, 3.63) is 23.9 Å². The van der Waals surface area contributed by atoms with Gasteiger partial charge in [0.25, 0.3) is 0 Å². The van der Waals surface area contributed by atoms with Crippen molar-refractivity contribution in [3.63, 3.8) is 0 Å². The van der Waals surface area contributed by atoms with E-state index in [0.717, 1.165) is 45.1 Å². The van der Waals surface area contributed by atoms with Gasteiger partial charge in [0.05, 0.1) is 0 Å². The van der Waals surface area contributed by atoms with E-state index in [-0.39, 0.29) is 0 Å². The second-order valence-electron chi connectivity index (χ2n) is 5.62. The third-order valence-electron chi connectivity index (χ3n) is 4.06. The van der Waals surface area contributed by atoms with Crippen molar-refractivity contribution in [1.82, 2.24) is 15.2 Å². The van der Waals surface area contributed by atoms with E-state index in [1.54, 1.807) is 0 Å². The molecule has 0 radical (unpaired) electrons. The molecule has 112 valence electrons. The Morgan fingerprint density at radius 1 is 1.35 bits per heavy atom. The number of hydrogen-bond acceptors (Lipinski definition) is 4. The SMILES string of the molecule is CCCNCc1ccnc(N2CCN(CC)C(C)C2)c1. The van der Waals surface area contributed by atoms with Gasteiger partial charge >= 0.3 is 0 Å². The van der Waals surface area contributed by atoms with Crippen LogP contribution in [0.5, 0.6) is 0 Å². The largest absolute Gasteiger partial charge is 0.354 e. The maximum atomic E-state index is 4.56. The molecule has 1 N–H and O–H groups in total. The molecular formula is C16H28N4. The molecule has 2 rings (SSSR count). The molecule has 1 atom stereocenters. The molecule has 1 aliphatic heterocycles. The maximum absolute atomic E-state index is 4.56. The topological polar surface area (TPSA) is 31.4 Å². The fourth-order valence-corrected chi connectivity index (χ4v) is 2.83. The van der Waals surface area contributed by atoms with E-state index in [4.69, 9.17) is 0 Å². The number of hydrogen-bond donors (Lipinski definition) is 1. The van der Waals surface area contributed by atoms with Crippen LogP contribution in [-0.4, -0.2) is 48.6 Å². The number of piperazine rings is 1. The molecule has 0 spiro atoms. The fourth-order valence-electron chi connectivity index (χ4n) is 2.83. The van der Waals surface area contributed by atoms with Gasteiger partial charge < -0.3 is 10.2 Å². The number of aromatic nitrogens is 1. The monoisotopic (exact) mass is 276 g/mol. The minimum Gasteiger partial charge on any atom is -0.354 e. The molecule has 1 aromatic rings. The highest BCUT2D eigenvalue weighted by Crippen LogP contribution is 2.17. The Kier molecular flexibility index (Phi) is 5.80. The number of likely N-dealkylation sites (N-methyl/N-ethyl adjacent to an activating group) is 1. The van der Waals surface area contributed by atoms with Crippen molar-refractivity contribution in [2.45, 2.75) is 39.8 Å². The zero-order valence-electron chi connectivity index (χ0n) is 13.1. The molecule has 1 aromatic heterocycles. The van der Waals surface area contributed by atoms with E-state index in [0.29, 0.717) is 6.04 Å². The van der Waals surface area contributed by atoms with E-state index in [9.17, 15) is 0 Å². The molecule has 1 unspecified atom stereocenters. The fraction of sp³-hybridized carbons (Fsp3) is 0.688. The summed E-state index contributed by atoms with van der Waals surface area (Å²) in [7, 11) is 0. The van der Waals surface area contributed by atoms with Crippen LogP contribution in [0, 0.1) is 0 Å². The van der Waals surface area contributed by atoms with Crippen LogP contribution in [0.2, 0.25) is 0 Å². The van der Waals surface area contributed by atoms with Crippen LogP contribution >= 0.6 is 0 Å². The van der Waals surface area contributed by atoms with Gasteiger partial charge in [-0.3, -0.25) is 4.90 Å². The second-order valence-corrected chi connectivity index (χ2v) is 5.62. The van der Waals surface area contributed by atoms with Gasteiger partial charge in [-0.25, -0.2) is 4.98 Å². The number of nitrogens with zero attached hydrogens (tertiary/aromatic N) is 3. The quantitative estimate of drug-likeness (QED) is 0.806. The minimum absolute atomic E-state index is 0.609. The highest BCUT2D eigenvalue weighted by atomic mass is 15.3. The molecule has 1 aliphatic rings. The normalized spacial score (nSPS) is 20.4. The number of rotatable bonds is 6. The van der Waals surface area contributed by atoms with Crippen molar-refractivity contribution in [1.29, 1.82) is 0 Å². The molecule has 1 fully saturated rings. The second kappa shape index (κ2) is 7.60. The number of anilines is 1. The van der Waals surface area contributed by atoms with Crippen LogP contribution in [-0.2, 0) is 6.54 Å². The van der Waals surface area contributed by atoms with E-state index in [1.165, 1.54) is 12.0 Å². The Bertz CT molecular complexity index is 407. The smallest absolute Gasteiger partial charge is 0.128 e. The first-order valence-corrected chi connectivity index (χ1v) is 7.89. The van der Waals surface area contributed by atoms with Crippen molar-refractivity contribution < 1.29 is 0 Å². The van der Waals surface area contributed by atoms with Gasteiger partial charge in [0.15, 0.2) is 0 Å². The molecule has 0 aliphatic carbocycles. The van der Waals surface area contributed by atoms with E-state index < -0.39 is 0 Å². The predicted octanol–water partition coefficient (Wildman–Crippen LogP) is 2.11. The molecule has 0 amide bonds. The maximum Gasteiger partial charge on any atom is 0.128 e. The van der Waals surface area contributed by atoms with Crippen LogP contribution in [0.25, 0.3) is 0 Å². The first-order chi connectivity index (χ1) is 9.74. The first-order valence-electron chi connectivity index (χ1n) is 7.89. The van der Waals surface area contributed by atoms with Gasteiger partial charge in [0.1, 0.15) is 5.82 Å². The highest BCUT2D eigenvalue weighted by Gasteiger charge is 2.23. The molecule has 4 nitrogen and oxygen atoms in total. The van der Waals surface area contributed by atoms with Crippen LogP contribution < -0.4 is 10.2 Å². The standard InChI is InChI=1S/C16H28N4/c1-4-7-17-12-15-6-8-18-16(11-15)20-10-9-19(5-2)14(3)13-20/h6,8,11,14,17H,4-5,7,9-10,12-13H2,1-3H3. The Morgan fingerprint density at radius 2 is 2.20 bits per heavy atom. The summed E-state index contributed by atoms with van der Waals surface area (Å²) in [6.45, 7) is 13.2. The Morgan fingerprint density at radius 3 is 2.90 bits per heavy atom. The first kappa shape index (κ1) is 15.3. The van der Waals surface area contributed by atoms with Crippen molar-refractivity contribution in [3.8, 4) is 0 Å². The Hall–Kier alpha value is -1.13. The minimum atomic E-state index is 0.609. The highest BCUT2D eigenvalue weighted by molar-refractivity contribution is 5.41. The van der Waals surface area contributed by atoms with Crippen LogP contribution in [0.1, 0.15) is 32.8 Å². The molecule has 2 heterocycles. The van der Waals surface area contributed by atoms with E-state index in [2.05, 4.69) is 53.0 Å². The van der Waals surface area contributed by atoms with Crippen molar-refractivity contribution in [2.24, 2.45) is 0 Å². The number of nitrogens with one attached hydrogen (secondary N) is 1. The van der Waals surface area contributed by atoms with Gasteiger partial charge in [-0.2, -0.15) is 0 Å². The van der Waals surface area contributed by atoms with Gasteiger partial charge in [0.2, 0.25) is 0 Å². The summed E-state index contributed by atoms with van der Waals surface area (Å²) in [5.74, 6) is 1.13. The van der Waals surface area contributed by atoms with E-state index >= 15 is 0 Å². The lowest BCUT2D eigenvalue weighted by Gasteiger charge is -2.40. The summed E-state index contributed by atoms with van der Waals surface area (Å²) in [5, 5.41) is 3.45. The summed E-state index contributed by atoms with van der Waals surface area (Å²) < 4.78 is 0. The lowest BCUT2D eigenvalue weighted by atomic mass is 10.1. The molecule has 1 saturated heterocycles. The summed E-state index contributed by atoms with van der Waals surface area (Å²) in [6, 6.07) is 4.95. The molecular weight excluding hydrogens is 248 g/mol. The van der Waals surface area contributed by atoms with Crippen molar-refractivity contribution >= 4 is 5.82 Å². The molecule has 0 aromatic carbocycles. The molecule has 0 bridgehead atoms. The average Bonchev–Trinajstić information content (AvgIpc) is 2.48. The average molecular weight is 276 g/mol. The molecule has 20 heavy (non-hydrogen) atoms. The van der Waals surface area contributed by atoms with Gasteiger partial charge in [0, 0.05) is 38.4 Å². The summed E-state index contributed by atoms with van der Waals surface area (Å²) >= 11 is 0. The summed E-state index contributed by atoms with van der Waals surface area (Å²) in [4.78, 5) is 9.50. The third kappa shape index (κ3) is 3.93. The zero-order chi connectivity index (χ0) is 14.4. The van der Waals surface area contributed by atoms with Crippen LogP contribution in [0.3, 0.4) is 0 Å². The van der Waals surface area contributed by atoms with Crippen molar-refractivity contribution in [2.75, 3.05) is 37.6 Å². The predicted molar refractivity (Wildman–Crippen MR) is 85.2 cm³/mol. The van der Waals surface area contributed by atoms with Crippen LogP contribution in [0.4, 0.5) is 5.82 Å². The third-order valence-corrected chi connectivity index (χ3v) is 4.06. The van der Waals surface area contributed by atoms with Crippen LogP contribution in [0.15, 0.2) is 18.3 Å². The number of pyridine rings is 1. The summed E-state index contributed by atoms with van der Waals surface area (Å²) in [6.07, 6.45) is 3.11. The van der Waals surface area contributed by atoms with Gasteiger partial charge in [-0.05, 0) is 44.1 Å².